The van der Waals surface area contributed by atoms with Crippen molar-refractivity contribution in [2.24, 2.45) is 0 Å². The van der Waals surface area contributed by atoms with Crippen LogP contribution < -0.4 is 0 Å². The highest BCUT2D eigenvalue weighted by Gasteiger charge is 2.19. The van der Waals surface area contributed by atoms with Gasteiger partial charge in [-0.05, 0) is 96.3 Å². The number of ether oxygens (including phenoxy) is 3. The second kappa shape index (κ2) is 54.9. The van der Waals surface area contributed by atoms with Crippen molar-refractivity contribution in [3.63, 3.8) is 0 Å². The van der Waals surface area contributed by atoms with Gasteiger partial charge in [0.05, 0.1) is 0 Å². The minimum Gasteiger partial charge on any atom is -0.462 e. The second-order valence-corrected chi connectivity index (χ2v) is 18.1. The third kappa shape index (κ3) is 53.2. The van der Waals surface area contributed by atoms with Crippen molar-refractivity contribution >= 4 is 17.9 Å². The van der Waals surface area contributed by atoms with Gasteiger partial charge in [-0.2, -0.15) is 0 Å². The van der Waals surface area contributed by atoms with Crippen LogP contribution in [0.4, 0.5) is 0 Å². The van der Waals surface area contributed by atoms with Crippen molar-refractivity contribution < 1.29 is 28.6 Å². The van der Waals surface area contributed by atoms with Crippen molar-refractivity contribution in [1.29, 1.82) is 0 Å². The first-order valence-electron chi connectivity index (χ1n) is 27.7. The molecule has 0 aliphatic carbocycles. The Hall–Kier alpha value is -3.67. The third-order valence-electron chi connectivity index (χ3n) is 11.6. The smallest absolute Gasteiger partial charge is 0.306 e. The molecule has 0 heterocycles. The average Bonchev–Trinajstić information content (AvgIpc) is 3.33. The second-order valence-electron chi connectivity index (χ2n) is 18.1. The van der Waals surface area contributed by atoms with Crippen LogP contribution in [0.5, 0.6) is 0 Å². The van der Waals surface area contributed by atoms with E-state index in [0.29, 0.717) is 19.3 Å². The lowest BCUT2D eigenvalue weighted by Gasteiger charge is -2.18. The maximum atomic E-state index is 12.8. The Morgan fingerprint density at radius 2 is 0.597 bits per heavy atom. The lowest BCUT2D eigenvalue weighted by atomic mass is 10.1. The summed E-state index contributed by atoms with van der Waals surface area (Å²) >= 11 is 0. The summed E-state index contributed by atoms with van der Waals surface area (Å²) in [5.74, 6) is -0.967. The summed E-state index contributed by atoms with van der Waals surface area (Å²) < 4.78 is 16.7. The highest BCUT2D eigenvalue weighted by atomic mass is 16.6. The fourth-order valence-electron chi connectivity index (χ4n) is 7.43. The average molecular weight is 931 g/mol. The fourth-order valence-corrected chi connectivity index (χ4v) is 7.43. The number of hydrogen-bond donors (Lipinski definition) is 0. The highest BCUT2D eigenvalue weighted by Crippen LogP contribution is 2.14. The summed E-state index contributed by atoms with van der Waals surface area (Å²) in [7, 11) is 0. The maximum absolute atomic E-state index is 12.8. The number of allylic oxidation sites excluding steroid dienone is 16. The SMILES string of the molecule is CC/C=C\C/C=C\C/C=C\C/C=C\C/C=C\C/C=C\C/C=C\CCCC(=O)OCC(COC(=O)CCCCCCCCC)OC(=O)CCCCCCCCCCC/C=C\CCCCCCCC. The van der Waals surface area contributed by atoms with E-state index in [-0.39, 0.29) is 37.5 Å². The van der Waals surface area contributed by atoms with Gasteiger partial charge >= 0.3 is 17.9 Å². The van der Waals surface area contributed by atoms with E-state index in [4.69, 9.17) is 14.2 Å². The molecular weight excluding hydrogens is 829 g/mol. The summed E-state index contributed by atoms with van der Waals surface area (Å²) in [5, 5.41) is 0. The van der Waals surface area contributed by atoms with Crippen molar-refractivity contribution in [3.05, 3.63) is 97.2 Å². The van der Waals surface area contributed by atoms with E-state index in [1.807, 2.05) is 0 Å². The Kier molecular flexibility index (Phi) is 51.9. The van der Waals surface area contributed by atoms with E-state index in [0.717, 1.165) is 89.9 Å². The molecule has 0 saturated heterocycles. The number of esters is 3. The third-order valence-corrected chi connectivity index (χ3v) is 11.6. The molecule has 1 unspecified atom stereocenters. The van der Waals surface area contributed by atoms with Gasteiger partial charge in [0.1, 0.15) is 13.2 Å². The maximum Gasteiger partial charge on any atom is 0.306 e. The first-order valence-corrected chi connectivity index (χ1v) is 27.7. The van der Waals surface area contributed by atoms with Crippen molar-refractivity contribution in [1.82, 2.24) is 0 Å². The Balaban J connectivity index is 4.33. The molecule has 0 aromatic carbocycles. The predicted octanol–water partition coefficient (Wildman–Crippen LogP) is 18.5. The number of rotatable bonds is 49. The molecule has 0 rings (SSSR count). The molecule has 382 valence electrons. The van der Waals surface area contributed by atoms with E-state index in [2.05, 4.69) is 118 Å². The molecule has 6 heteroatoms. The van der Waals surface area contributed by atoms with Crippen molar-refractivity contribution in [2.75, 3.05) is 13.2 Å². The van der Waals surface area contributed by atoms with Gasteiger partial charge < -0.3 is 14.2 Å². The first-order chi connectivity index (χ1) is 33.0. The summed E-state index contributed by atoms with van der Waals surface area (Å²) in [6.07, 6.45) is 72.8. The molecule has 1 atom stereocenters. The van der Waals surface area contributed by atoms with Crippen LogP contribution in [0.25, 0.3) is 0 Å². The number of carbonyl (C=O) groups is 3. The van der Waals surface area contributed by atoms with Crippen LogP contribution in [0, 0.1) is 0 Å². The van der Waals surface area contributed by atoms with Gasteiger partial charge in [-0.15, -0.1) is 0 Å². The molecule has 0 bridgehead atoms. The van der Waals surface area contributed by atoms with Crippen LogP contribution in [0.15, 0.2) is 97.2 Å². The van der Waals surface area contributed by atoms with Gasteiger partial charge in [0.15, 0.2) is 6.10 Å². The van der Waals surface area contributed by atoms with Crippen LogP contribution in [0.1, 0.15) is 252 Å². The van der Waals surface area contributed by atoms with Crippen LogP contribution in [-0.2, 0) is 28.6 Å². The van der Waals surface area contributed by atoms with E-state index >= 15 is 0 Å². The van der Waals surface area contributed by atoms with Gasteiger partial charge in [-0.3, -0.25) is 14.4 Å². The molecule has 0 aliphatic rings. The zero-order chi connectivity index (χ0) is 48.6. The molecule has 0 radical (unpaired) electrons. The molecule has 0 fully saturated rings. The summed E-state index contributed by atoms with van der Waals surface area (Å²) in [6, 6.07) is 0. The quantitative estimate of drug-likeness (QED) is 0.0262. The van der Waals surface area contributed by atoms with Gasteiger partial charge in [-0.1, -0.05) is 234 Å². The summed E-state index contributed by atoms with van der Waals surface area (Å²) in [6.45, 7) is 6.43. The predicted molar refractivity (Wildman–Crippen MR) is 288 cm³/mol. The van der Waals surface area contributed by atoms with Gasteiger partial charge in [-0.25, -0.2) is 0 Å². The van der Waals surface area contributed by atoms with E-state index in [1.54, 1.807) is 0 Å². The highest BCUT2D eigenvalue weighted by molar-refractivity contribution is 5.71. The zero-order valence-electron chi connectivity index (χ0n) is 43.6. The summed E-state index contributed by atoms with van der Waals surface area (Å²) in [5.41, 5.74) is 0. The van der Waals surface area contributed by atoms with E-state index in [1.165, 1.54) is 116 Å². The van der Waals surface area contributed by atoms with Crippen LogP contribution in [0.3, 0.4) is 0 Å². The molecule has 0 amide bonds. The number of unbranched alkanes of at least 4 members (excludes halogenated alkanes) is 22. The van der Waals surface area contributed by atoms with Crippen LogP contribution >= 0.6 is 0 Å². The normalized spacial score (nSPS) is 12.8. The van der Waals surface area contributed by atoms with Gasteiger partial charge in [0, 0.05) is 19.3 Å². The minimum absolute atomic E-state index is 0.0961. The van der Waals surface area contributed by atoms with E-state index in [9.17, 15) is 14.4 Å². The van der Waals surface area contributed by atoms with Crippen molar-refractivity contribution in [3.8, 4) is 0 Å². The molecule has 0 spiro atoms. The lowest BCUT2D eigenvalue weighted by molar-refractivity contribution is -0.167. The Morgan fingerprint density at radius 1 is 0.313 bits per heavy atom. The van der Waals surface area contributed by atoms with Crippen LogP contribution in [-0.4, -0.2) is 37.2 Å². The van der Waals surface area contributed by atoms with Gasteiger partial charge in [0.2, 0.25) is 0 Å². The van der Waals surface area contributed by atoms with Crippen LogP contribution in [0.2, 0.25) is 0 Å². The fraction of sp³-hybridized carbons (Fsp3) is 0.689. The largest absolute Gasteiger partial charge is 0.462 e. The molecule has 0 saturated carbocycles. The monoisotopic (exact) mass is 931 g/mol. The Morgan fingerprint density at radius 3 is 0.985 bits per heavy atom. The Labute approximate surface area is 413 Å². The molecule has 0 aromatic heterocycles. The number of hydrogen-bond acceptors (Lipinski definition) is 6. The number of carbonyl (C=O) groups excluding carboxylic acids is 3. The summed E-state index contributed by atoms with van der Waals surface area (Å²) in [4.78, 5) is 37.9. The molecule has 0 aliphatic heterocycles. The van der Waals surface area contributed by atoms with Crippen molar-refractivity contribution in [2.45, 2.75) is 258 Å². The zero-order valence-corrected chi connectivity index (χ0v) is 43.6. The topological polar surface area (TPSA) is 78.9 Å². The van der Waals surface area contributed by atoms with Gasteiger partial charge in [0.25, 0.3) is 0 Å². The lowest BCUT2D eigenvalue weighted by Crippen LogP contribution is -2.30. The molecular formula is C61H102O6. The Bertz CT molecular complexity index is 1350. The molecule has 0 N–H and O–H groups in total. The molecule has 6 nitrogen and oxygen atoms in total. The standard InChI is InChI=1S/C61H102O6/c1-4-7-10-13-16-18-20-22-24-26-28-29-30-31-33-34-36-38-40-42-45-48-51-54-60(63)66-57-58(56-65-59(62)53-50-47-44-15-12-9-6-3)67-61(64)55-52-49-46-43-41-39-37-35-32-27-25-23-21-19-17-14-11-8-5-2/h7,10,16,18,22-25,28-29,31,33,36,38,42,45,58H,4-6,8-9,11-15,17,19-21,26-27,30,32,34-35,37,39-41,43-44,46-57H2,1-3H3/b10-7-,18-16-,24-22-,25-23-,29-28-,33-31-,38-36-,45-42-. The van der Waals surface area contributed by atoms with E-state index < -0.39 is 6.10 Å². The first kappa shape index (κ1) is 63.3. The molecule has 67 heavy (non-hydrogen) atoms. The molecule has 0 aromatic rings. The minimum atomic E-state index is -0.799.